The van der Waals surface area contributed by atoms with Gasteiger partial charge in [-0.3, -0.25) is 4.79 Å². The fraction of sp³-hybridized carbons (Fsp3) is 0.400. The fourth-order valence-electron chi connectivity index (χ4n) is 2.51. The fourth-order valence-corrected chi connectivity index (χ4v) is 2.51. The second-order valence-electron chi connectivity index (χ2n) is 5.56. The summed E-state index contributed by atoms with van der Waals surface area (Å²) in [7, 11) is 0. The minimum Gasteiger partial charge on any atom is -0.490 e. The molecule has 1 amide bonds. The molecule has 1 atom stereocenters. The first-order chi connectivity index (χ1) is 12.6. The number of nitrogens with one attached hydrogen (secondary N) is 1. The lowest BCUT2D eigenvalue weighted by Gasteiger charge is -2.18. The predicted octanol–water partition coefficient (Wildman–Crippen LogP) is 3.77. The van der Waals surface area contributed by atoms with Gasteiger partial charge in [-0.05, 0) is 57.5 Å². The molecular weight excluding hydrogens is 332 g/mol. The number of carbonyl (C=O) groups is 1. The van der Waals surface area contributed by atoms with Gasteiger partial charge in [0, 0.05) is 6.20 Å². The van der Waals surface area contributed by atoms with Gasteiger partial charge in [0.25, 0.3) is 5.91 Å². The normalized spacial score (nSPS) is 11.5. The average Bonchev–Trinajstić information content (AvgIpc) is 2.64. The summed E-state index contributed by atoms with van der Waals surface area (Å²) in [5.74, 6) is 1.47. The van der Waals surface area contributed by atoms with E-state index in [0.29, 0.717) is 42.8 Å². The lowest BCUT2D eigenvalue weighted by atomic mass is 10.1. The van der Waals surface area contributed by atoms with Crippen molar-refractivity contribution < 1.29 is 19.0 Å². The van der Waals surface area contributed by atoms with Gasteiger partial charge in [-0.2, -0.15) is 0 Å². The minimum atomic E-state index is -0.235. The molecule has 0 aliphatic carbocycles. The SMILES string of the molecule is CCOc1ccc([C@H](C)NC(=O)c2cccnc2OCC)cc1OCC. The summed E-state index contributed by atoms with van der Waals surface area (Å²) < 4.78 is 16.7. The number of hydrogen-bond donors (Lipinski definition) is 1. The lowest BCUT2D eigenvalue weighted by molar-refractivity contribution is 0.0935. The molecule has 1 aromatic carbocycles. The monoisotopic (exact) mass is 358 g/mol. The van der Waals surface area contributed by atoms with Crippen molar-refractivity contribution in [3.05, 3.63) is 47.7 Å². The maximum Gasteiger partial charge on any atom is 0.257 e. The van der Waals surface area contributed by atoms with Crippen LogP contribution in [0.4, 0.5) is 0 Å². The number of ether oxygens (including phenoxy) is 3. The molecule has 0 saturated carbocycles. The van der Waals surface area contributed by atoms with Crippen molar-refractivity contribution in [2.24, 2.45) is 0 Å². The third kappa shape index (κ3) is 4.88. The molecule has 0 bridgehead atoms. The highest BCUT2D eigenvalue weighted by atomic mass is 16.5. The van der Waals surface area contributed by atoms with Gasteiger partial charge in [0.2, 0.25) is 5.88 Å². The Morgan fingerprint density at radius 1 is 1.04 bits per heavy atom. The first-order valence-corrected chi connectivity index (χ1v) is 8.88. The van der Waals surface area contributed by atoms with Crippen molar-refractivity contribution in [3.8, 4) is 17.4 Å². The number of benzene rings is 1. The van der Waals surface area contributed by atoms with Crippen molar-refractivity contribution in [3.63, 3.8) is 0 Å². The Kier molecular flexibility index (Phi) is 7.26. The van der Waals surface area contributed by atoms with Crippen LogP contribution in [0.2, 0.25) is 0 Å². The van der Waals surface area contributed by atoms with Crippen LogP contribution in [0.3, 0.4) is 0 Å². The summed E-state index contributed by atoms with van der Waals surface area (Å²) in [6.07, 6.45) is 1.60. The van der Waals surface area contributed by atoms with E-state index in [2.05, 4.69) is 10.3 Å². The number of rotatable bonds is 9. The number of pyridine rings is 1. The molecule has 2 aromatic rings. The molecule has 0 saturated heterocycles. The van der Waals surface area contributed by atoms with Crippen LogP contribution in [0.15, 0.2) is 36.5 Å². The zero-order valence-corrected chi connectivity index (χ0v) is 15.7. The van der Waals surface area contributed by atoms with Crippen molar-refractivity contribution >= 4 is 5.91 Å². The third-order valence-electron chi connectivity index (χ3n) is 3.71. The maximum atomic E-state index is 12.6. The largest absolute Gasteiger partial charge is 0.490 e. The summed E-state index contributed by atoms with van der Waals surface area (Å²) in [5.41, 5.74) is 1.34. The van der Waals surface area contributed by atoms with Gasteiger partial charge in [-0.1, -0.05) is 6.07 Å². The summed E-state index contributed by atoms with van der Waals surface area (Å²) in [6, 6.07) is 8.88. The minimum absolute atomic E-state index is 0.216. The van der Waals surface area contributed by atoms with Crippen LogP contribution < -0.4 is 19.5 Å². The van der Waals surface area contributed by atoms with Crippen LogP contribution >= 0.6 is 0 Å². The van der Waals surface area contributed by atoms with Crippen molar-refractivity contribution in [1.29, 1.82) is 0 Å². The quantitative estimate of drug-likeness (QED) is 0.739. The summed E-state index contributed by atoms with van der Waals surface area (Å²) in [6.45, 7) is 9.17. The topological polar surface area (TPSA) is 69.7 Å². The number of aromatic nitrogens is 1. The number of nitrogens with zero attached hydrogens (tertiary/aromatic N) is 1. The van der Waals surface area contributed by atoms with Crippen molar-refractivity contribution in [2.75, 3.05) is 19.8 Å². The Morgan fingerprint density at radius 3 is 2.42 bits per heavy atom. The van der Waals surface area contributed by atoms with Gasteiger partial charge in [-0.25, -0.2) is 4.98 Å². The van der Waals surface area contributed by atoms with E-state index in [4.69, 9.17) is 14.2 Å². The summed E-state index contributed by atoms with van der Waals surface area (Å²) in [4.78, 5) is 16.7. The zero-order valence-electron chi connectivity index (χ0n) is 15.7. The Bertz CT molecular complexity index is 734. The number of hydrogen-bond acceptors (Lipinski definition) is 5. The van der Waals surface area contributed by atoms with E-state index in [1.807, 2.05) is 45.9 Å². The number of carbonyl (C=O) groups excluding carboxylic acids is 1. The Balaban J connectivity index is 2.17. The van der Waals surface area contributed by atoms with Gasteiger partial charge in [0.1, 0.15) is 5.56 Å². The Morgan fingerprint density at radius 2 is 1.73 bits per heavy atom. The van der Waals surface area contributed by atoms with Crippen LogP contribution in [0.1, 0.15) is 49.7 Å². The molecule has 1 aromatic heterocycles. The molecule has 0 aliphatic heterocycles. The molecule has 2 rings (SSSR count). The second-order valence-corrected chi connectivity index (χ2v) is 5.56. The molecule has 1 N–H and O–H groups in total. The van der Waals surface area contributed by atoms with Crippen LogP contribution in [-0.2, 0) is 0 Å². The summed E-state index contributed by atoms with van der Waals surface area (Å²) >= 11 is 0. The molecule has 26 heavy (non-hydrogen) atoms. The maximum absolute atomic E-state index is 12.6. The molecule has 0 unspecified atom stereocenters. The zero-order chi connectivity index (χ0) is 18.9. The van der Waals surface area contributed by atoms with Gasteiger partial charge < -0.3 is 19.5 Å². The summed E-state index contributed by atoms with van der Waals surface area (Å²) in [5, 5.41) is 2.98. The first-order valence-electron chi connectivity index (χ1n) is 8.88. The van der Waals surface area contributed by atoms with E-state index >= 15 is 0 Å². The molecule has 6 nitrogen and oxygen atoms in total. The van der Waals surface area contributed by atoms with Crippen molar-refractivity contribution in [1.82, 2.24) is 10.3 Å². The molecule has 0 fully saturated rings. The van der Waals surface area contributed by atoms with E-state index in [1.54, 1.807) is 18.3 Å². The van der Waals surface area contributed by atoms with E-state index in [0.717, 1.165) is 5.56 Å². The third-order valence-corrected chi connectivity index (χ3v) is 3.71. The molecule has 1 heterocycles. The molecule has 6 heteroatoms. The molecule has 140 valence electrons. The van der Waals surface area contributed by atoms with Gasteiger partial charge in [-0.15, -0.1) is 0 Å². The predicted molar refractivity (Wildman–Crippen MR) is 100 cm³/mol. The molecular formula is C20H26N2O4. The van der Waals surface area contributed by atoms with Crippen molar-refractivity contribution in [2.45, 2.75) is 33.7 Å². The van der Waals surface area contributed by atoms with E-state index in [1.165, 1.54) is 0 Å². The van der Waals surface area contributed by atoms with E-state index < -0.39 is 0 Å². The molecule has 0 spiro atoms. The van der Waals surface area contributed by atoms with E-state index in [9.17, 15) is 4.79 Å². The standard InChI is InChI=1S/C20H26N2O4/c1-5-24-17-11-10-15(13-18(17)25-6-2)14(4)22-19(23)16-9-8-12-21-20(16)26-7-3/h8-14H,5-7H2,1-4H3,(H,22,23)/t14-/m0/s1. The van der Waals surface area contributed by atoms with Crippen LogP contribution in [0.25, 0.3) is 0 Å². The second kappa shape index (κ2) is 9.65. The van der Waals surface area contributed by atoms with Crippen LogP contribution in [0, 0.1) is 0 Å². The van der Waals surface area contributed by atoms with Gasteiger partial charge in [0.05, 0.1) is 25.9 Å². The van der Waals surface area contributed by atoms with Gasteiger partial charge in [0.15, 0.2) is 11.5 Å². The highest BCUT2D eigenvalue weighted by Crippen LogP contribution is 2.31. The highest BCUT2D eigenvalue weighted by Gasteiger charge is 2.17. The first kappa shape index (κ1) is 19.6. The molecule has 0 radical (unpaired) electrons. The van der Waals surface area contributed by atoms with E-state index in [-0.39, 0.29) is 11.9 Å². The average molecular weight is 358 g/mol. The van der Waals surface area contributed by atoms with Crippen LogP contribution in [0.5, 0.6) is 17.4 Å². The van der Waals surface area contributed by atoms with Crippen LogP contribution in [-0.4, -0.2) is 30.7 Å². The number of amides is 1. The Labute approximate surface area is 154 Å². The molecule has 0 aliphatic rings. The smallest absolute Gasteiger partial charge is 0.257 e. The highest BCUT2D eigenvalue weighted by molar-refractivity contribution is 5.96. The Hall–Kier alpha value is -2.76. The van der Waals surface area contributed by atoms with Gasteiger partial charge >= 0.3 is 0 Å². The lowest BCUT2D eigenvalue weighted by Crippen LogP contribution is -2.27.